The molecular weight excluding hydrogens is 332 g/mol. The summed E-state index contributed by atoms with van der Waals surface area (Å²) in [6, 6.07) is 0. The lowest BCUT2D eigenvalue weighted by Gasteiger charge is -2.14. The molecule has 0 bridgehead atoms. The zero-order valence-electron chi connectivity index (χ0n) is 13.4. The van der Waals surface area contributed by atoms with E-state index in [9.17, 15) is 4.79 Å². The minimum Gasteiger partial charge on any atom is -0.496 e. The van der Waals surface area contributed by atoms with Gasteiger partial charge in [-0.2, -0.15) is 9.97 Å². The van der Waals surface area contributed by atoms with Gasteiger partial charge < -0.3 is 10.5 Å². The highest BCUT2D eigenvalue weighted by Crippen LogP contribution is 2.25. The molecule has 24 heavy (non-hydrogen) atoms. The number of pyridine rings is 1. The zero-order valence-corrected chi connectivity index (χ0v) is 14.1. The Morgan fingerprint density at radius 2 is 2.00 bits per heavy atom. The second-order valence-electron chi connectivity index (χ2n) is 5.27. The van der Waals surface area contributed by atoms with Gasteiger partial charge in [-0.05, 0) is 13.8 Å². The van der Waals surface area contributed by atoms with Crippen LogP contribution in [-0.4, -0.2) is 31.6 Å². The maximum atomic E-state index is 12.3. The molecule has 0 amide bonds. The molecule has 0 aliphatic heterocycles. The van der Waals surface area contributed by atoms with Gasteiger partial charge in [-0.15, -0.1) is 0 Å². The molecule has 3 heterocycles. The second kappa shape index (κ2) is 6.04. The van der Waals surface area contributed by atoms with Crippen molar-refractivity contribution in [1.82, 2.24) is 24.5 Å². The molecule has 0 saturated heterocycles. The van der Waals surface area contributed by atoms with Crippen molar-refractivity contribution in [2.45, 2.75) is 20.4 Å². The lowest BCUT2D eigenvalue weighted by atomic mass is 10.1. The monoisotopic (exact) mass is 346 g/mol. The number of fused-ring (bicyclic) bond motifs is 1. The average molecular weight is 347 g/mol. The van der Waals surface area contributed by atoms with E-state index in [0.717, 1.165) is 16.9 Å². The van der Waals surface area contributed by atoms with E-state index in [4.69, 9.17) is 22.1 Å². The lowest BCUT2D eigenvalue weighted by Crippen LogP contribution is -2.23. The average Bonchev–Trinajstić information content (AvgIpc) is 2.52. The summed E-state index contributed by atoms with van der Waals surface area (Å²) in [5.41, 5.74) is 8.33. The first-order chi connectivity index (χ1) is 11.4. The molecule has 0 unspecified atom stereocenters. The normalized spacial score (nSPS) is 11.0. The van der Waals surface area contributed by atoms with Gasteiger partial charge in [0.15, 0.2) is 10.8 Å². The van der Waals surface area contributed by atoms with Crippen LogP contribution >= 0.6 is 11.6 Å². The maximum absolute atomic E-state index is 12.3. The van der Waals surface area contributed by atoms with Crippen LogP contribution < -0.4 is 16.0 Å². The Morgan fingerprint density at radius 3 is 2.71 bits per heavy atom. The predicted octanol–water partition coefficient (Wildman–Crippen LogP) is 1.49. The van der Waals surface area contributed by atoms with Crippen LogP contribution in [0.15, 0.2) is 17.2 Å². The Kier molecular flexibility index (Phi) is 4.06. The number of hydrogen-bond donors (Lipinski definition) is 1. The highest BCUT2D eigenvalue weighted by molar-refractivity contribution is 6.33. The number of ether oxygens (including phenoxy) is 1. The van der Waals surface area contributed by atoms with E-state index < -0.39 is 0 Å². The topological polar surface area (TPSA) is 109 Å². The molecule has 2 N–H and O–H groups in total. The van der Waals surface area contributed by atoms with Crippen molar-refractivity contribution in [2.24, 2.45) is 0 Å². The summed E-state index contributed by atoms with van der Waals surface area (Å²) < 4.78 is 6.82. The Morgan fingerprint density at radius 1 is 1.25 bits per heavy atom. The first-order valence-electron chi connectivity index (χ1n) is 7.10. The predicted molar refractivity (Wildman–Crippen MR) is 90.4 cm³/mol. The van der Waals surface area contributed by atoms with Gasteiger partial charge in [-0.3, -0.25) is 14.3 Å². The Balaban J connectivity index is 2.21. The number of halogens is 1. The summed E-state index contributed by atoms with van der Waals surface area (Å²) in [5, 5.41) is 0.0948. The quantitative estimate of drug-likeness (QED) is 0.715. The fourth-order valence-electron chi connectivity index (χ4n) is 2.56. The largest absolute Gasteiger partial charge is 0.496 e. The highest BCUT2D eigenvalue weighted by atomic mass is 35.5. The van der Waals surface area contributed by atoms with Crippen molar-refractivity contribution in [1.29, 1.82) is 0 Å². The molecule has 0 fully saturated rings. The molecule has 0 aromatic carbocycles. The third-order valence-corrected chi connectivity index (χ3v) is 3.99. The van der Waals surface area contributed by atoms with Gasteiger partial charge in [0.25, 0.3) is 5.56 Å². The number of nitrogens with two attached hydrogens (primary N) is 1. The van der Waals surface area contributed by atoms with E-state index in [-0.39, 0.29) is 28.9 Å². The third-order valence-electron chi connectivity index (χ3n) is 3.72. The molecule has 3 aromatic heterocycles. The molecule has 9 heteroatoms. The van der Waals surface area contributed by atoms with Crippen molar-refractivity contribution in [2.75, 3.05) is 12.8 Å². The van der Waals surface area contributed by atoms with Crippen LogP contribution in [-0.2, 0) is 6.54 Å². The van der Waals surface area contributed by atoms with E-state index in [1.807, 2.05) is 13.8 Å². The van der Waals surface area contributed by atoms with Gasteiger partial charge in [0.2, 0.25) is 5.95 Å². The van der Waals surface area contributed by atoms with Crippen molar-refractivity contribution in [3.05, 3.63) is 44.7 Å². The van der Waals surface area contributed by atoms with Crippen LogP contribution in [0.3, 0.4) is 0 Å². The van der Waals surface area contributed by atoms with E-state index in [2.05, 4.69) is 19.9 Å². The van der Waals surface area contributed by atoms with Crippen LogP contribution in [0, 0.1) is 13.8 Å². The van der Waals surface area contributed by atoms with E-state index in [1.165, 1.54) is 10.8 Å². The number of anilines is 1. The molecular formula is C15H15ClN6O2. The summed E-state index contributed by atoms with van der Waals surface area (Å²) in [7, 11) is 1.60. The van der Waals surface area contributed by atoms with Gasteiger partial charge in [-0.1, -0.05) is 11.6 Å². The zero-order chi connectivity index (χ0) is 17.4. The van der Waals surface area contributed by atoms with Gasteiger partial charge in [0, 0.05) is 17.3 Å². The maximum Gasteiger partial charge on any atom is 0.271 e. The van der Waals surface area contributed by atoms with Crippen molar-refractivity contribution >= 4 is 28.7 Å². The number of rotatable bonds is 3. The van der Waals surface area contributed by atoms with Gasteiger partial charge >= 0.3 is 0 Å². The fraction of sp³-hybridized carbons (Fsp3) is 0.267. The molecule has 3 rings (SSSR count). The van der Waals surface area contributed by atoms with Gasteiger partial charge in [0.1, 0.15) is 11.3 Å². The minimum absolute atomic E-state index is 0.0279. The first kappa shape index (κ1) is 16.1. The summed E-state index contributed by atoms with van der Waals surface area (Å²) in [4.78, 5) is 28.7. The Bertz CT molecular complexity index is 1000. The summed E-state index contributed by atoms with van der Waals surface area (Å²) in [6.07, 6.45) is 2.88. The Labute approximate surface area is 142 Å². The molecule has 3 aromatic rings. The van der Waals surface area contributed by atoms with E-state index >= 15 is 0 Å². The van der Waals surface area contributed by atoms with Crippen LogP contribution in [0.5, 0.6) is 5.75 Å². The third kappa shape index (κ3) is 2.65. The molecule has 0 atom stereocenters. The number of nitrogens with zero attached hydrogens (tertiary/aromatic N) is 5. The molecule has 0 aliphatic rings. The SMILES string of the molecule is COc1c(C)cnc(Cn2c(=O)cnc3c(Cl)nc(N)nc32)c1C. The molecule has 0 radical (unpaired) electrons. The standard InChI is InChI=1S/C15H15ClN6O2/c1-7-4-18-9(8(2)12(7)24-3)6-22-10(23)5-19-11-13(16)20-15(17)21-14(11)22/h4-5H,6H2,1-3H3,(H2,17,20,21). The smallest absolute Gasteiger partial charge is 0.271 e. The van der Waals surface area contributed by atoms with Crippen LogP contribution in [0.2, 0.25) is 5.15 Å². The second-order valence-corrected chi connectivity index (χ2v) is 5.63. The molecule has 0 saturated carbocycles. The van der Waals surface area contributed by atoms with Gasteiger partial charge in [0.05, 0.1) is 25.5 Å². The summed E-state index contributed by atoms with van der Waals surface area (Å²) in [6.45, 7) is 3.98. The van der Waals surface area contributed by atoms with Crippen LogP contribution in [0.4, 0.5) is 5.95 Å². The molecule has 0 spiro atoms. The Hall–Kier alpha value is -2.74. The number of aromatic nitrogens is 5. The van der Waals surface area contributed by atoms with E-state index in [1.54, 1.807) is 13.3 Å². The van der Waals surface area contributed by atoms with Crippen LogP contribution in [0.25, 0.3) is 11.2 Å². The van der Waals surface area contributed by atoms with Crippen molar-refractivity contribution in [3.8, 4) is 5.75 Å². The van der Waals surface area contributed by atoms with Crippen LogP contribution in [0.1, 0.15) is 16.8 Å². The molecule has 124 valence electrons. The number of methoxy groups -OCH3 is 1. The minimum atomic E-state index is -0.336. The van der Waals surface area contributed by atoms with Gasteiger partial charge in [-0.25, -0.2) is 4.98 Å². The van der Waals surface area contributed by atoms with E-state index in [0.29, 0.717) is 11.2 Å². The molecule has 0 aliphatic carbocycles. The summed E-state index contributed by atoms with van der Waals surface area (Å²) in [5.74, 6) is 0.707. The number of hydrogen-bond acceptors (Lipinski definition) is 7. The van der Waals surface area contributed by atoms with Crippen molar-refractivity contribution < 1.29 is 4.74 Å². The lowest BCUT2D eigenvalue weighted by molar-refractivity contribution is 0.406. The number of nitrogen functional groups attached to an aromatic ring is 1. The number of aryl methyl sites for hydroxylation is 1. The molecule has 8 nitrogen and oxygen atoms in total. The summed E-state index contributed by atoms with van der Waals surface area (Å²) >= 11 is 6.04. The van der Waals surface area contributed by atoms with Crippen molar-refractivity contribution in [3.63, 3.8) is 0 Å². The first-order valence-corrected chi connectivity index (χ1v) is 7.47. The fourth-order valence-corrected chi connectivity index (χ4v) is 2.78. The highest BCUT2D eigenvalue weighted by Gasteiger charge is 2.15.